The minimum Gasteiger partial charge on any atom is -0.481 e. The quantitative estimate of drug-likeness (QED) is 0.169. The van der Waals surface area contributed by atoms with Gasteiger partial charge in [0.1, 0.15) is 6.10 Å². The summed E-state index contributed by atoms with van der Waals surface area (Å²) in [6, 6.07) is 0. The van der Waals surface area contributed by atoms with Crippen molar-refractivity contribution in [2.75, 3.05) is 0 Å². The first-order valence-electron chi connectivity index (χ1n) is 10.7. The first-order chi connectivity index (χ1) is 13.5. The van der Waals surface area contributed by atoms with Crippen molar-refractivity contribution in [2.45, 2.75) is 109 Å². The van der Waals surface area contributed by atoms with Gasteiger partial charge in [0.05, 0.1) is 12.8 Å². The molecule has 0 radical (unpaired) electrons. The average molecular weight is 399 g/mol. The average Bonchev–Trinajstić information content (AvgIpc) is 2.64. The smallest absolute Gasteiger partial charge is 0.306 e. The predicted octanol–water partition coefficient (Wildman–Crippen LogP) is 5.50. The van der Waals surface area contributed by atoms with Crippen LogP contribution in [0.15, 0.2) is 12.2 Å². The Bertz CT molecular complexity index is 458. The maximum Gasteiger partial charge on any atom is 0.306 e. The highest BCUT2D eigenvalue weighted by Gasteiger charge is 2.14. The summed E-state index contributed by atoms with van der Waals surface area (Å²) in [5.41, 5.74) is 0. The predicted molar refractivity (Wildman–Crippen MR) is 109 cm³/mol. The second-order valence-electron chi connectivity index (χ2n) is 7.26. The molecular weight excluding hydrogens is 360 g/mol. The SMILES string of the molecule is CCCCCC[C@H](C/C=C\CCCCCCCC(=O)O)OC(=O)CCC(=O)O. The van der Waals surface area contributed by atoms with Crippen LogP contribution in [-0.2, 0) is 19.1 Å². The number of esters is 1. The lowest BCUT2D eigenvalue weighted by Crippen LogP contribution is -2.18. The first kappa shape index (κ1) is 26.1. The normalized spacial score (nSPS) is 12.2. The van der Waals surface area contributed by atoms with Crippen LogP contribution in [0.4, 0.5) is 0 Å². The molecule has 0 aliphatic carbocycles. The van der Waals surface area contributed by atoms with Gasteiger partial charge >= 0.3 is 17.9 Å². The van der Waals surface area contributed by atoms with Crippen molar-refractivity contribution in [1.82, 2.24) is 0 Å². The van der Waals surface area contributed by atoms with Crippen LogP contribution in [0.25, 0.3) is 0 Å². The number of ether oxygens (including phenoxy) is 1. The van der Waals surface area contributed by atoms with Crippen LogP contribution in [0.2, 0.25) is 0 Å². The van der Waals surface area contributed by atoms with Crippen LogP contribution in [0.1, 0.15) is 103 Å². The molecule has 0 saturated carbocycles. The van der Waals surface area contributed by atoms with E-state index in [2.05, 4.69) is 19.1 Å². The van der Waals surface area contributed by atoms with Gasteiger partial charge in [0, 0.05) is 12.8 Å². The molecule has 0 aliphatic heterocycles. The van der Waals surface area contributed by atoms with E-state index in [1.165, 1.54) is 6.42 Å². The molecule has 0 bridgehead atoms. The minimum absolute atomic E-state index is 0.0770. The van der Waals surface area contributed by atoms with Gasteiger partial charge in [0.25, 0.3) is 0 Å². The van der Waals surface area contributed by atoms with Crippen molar-refractivity contribution in [1.29, 1.82) is 0 Å². The zero-order chi connectivity index (χ0) is 21.0. The summed E-state index contributed by atoms with van der Waals surface area (Å²) in [6.07, 6.45) is 15.8. The van der Waals surface area contributed by atoms with Crippen molar-refractivity contribution in [3.8, 4) is 0 Å². The van der Waals surface area contributed by atoms with Crippen molar-refractivity contribution < 1.29 is 29.3 Å². The molecule has 0 spiro atoms. The molecule has 0 unspecified atom stereocenters. The van der Waals surface area contributed by atoms with E-state index in [1.807, 2.05) is 0 Å². The molecule has 28 heavy (non-hydrogen) atoms. The van der Waals surface area contributed by atoms with Gasteiger partial charge in [0.2, 0.25) is 0 Å². The molecule has 2 N–H and O–H groups in total. The molecule has 0 aromatic carbocycles. The molecule has 162 valence electrons. The summed E-state index contributed by atoms with van der Waals surface area (Å²) in [4.78, 5) is 32.8. The van der Waals surface area contributed by atoms with E-state index in [1.54, 1.807) is 0 Å². The van der Waals surface area contributed by atoms with Crippen LogP contribution in [0.3, 0.4) is 0 Å². The zero-order valence-corrected chi connectivity index (χ0v) is 17.4. The third kappa shape index (κ3) is 18.9. The third-order valence-electron chi connectivity index (χ3n) is 4.55. The number of carboxylic acids is 2. The topological polar surface area (TPSA) is 101 Å². The highest BCUT2D eigenvalue weighted by atomic mass is 16.5. The van der Waals surface area contributed by atoms with E-state index in [0.29, 0.717) is 6.42 Å². The molecule has 0 aromatic heterocycles. The number of carboxylic acid groups (broad SMARTS) is 2. The van der Waals surface area contributed by atoms with Gasteiger partial charge in [-0.3, -0.25) is 14.4 Å². The molecule has 6 heteroatoms. The van der Waals surface area contributed by atoms with E-state index < -0.39 is 17.9 Å². The number of rotatable bonds is 19. The van der Waals surface area contributed by atoms with Crippen LogP contribution in [0.5, 0.6) is 0 Å². The summed E-state index contributed by atoms with van der Waals surface area (Å²) in [5.74, 6) is -2.15. The minimum atomic E-state index is -0.987. The Labute approximate surface area is 169 Å². The molecule has 0 heterocycles. The summed E-state index contributed by atoms with van der Waals surface area (Å²) in [5, 5.41) is 17.2. The van der Waals surface area contributed by atoms with E-state index >= 15 is 0 Å². The summed E-state index contributed by atoms with van der Waals surface area (Å²) < 4.78 is 5.47. The van der Waals surface area contributed by atoms with Crippen molar-refractivity contribution >= 4 is 17.9 Å². The van der Waals surface area contributed by atoms with Crippen molar-refractivity contribution in [3.05, 3.63) is 12.2 Å². The fourth-order valence-corrected chi connectivity index (χ4v) is 2.91. The summed E-state index contributed by atoms with van der Waals surface area (Å²) in [7, 11) is 0. The number of carbonyl (C=O) groups excluding carboxylic acids is 1. The Hall–Kier alpha value is -1.85. The fourth-order valence-electron chi connectivity index (χ4n) is 2.91. The monoisotopic (exact) mass is 398 g/mol. The number of unbranched alkanes of at least 4 members (excludes halogenated alkanes) is 8. The van der Waals surface area contributed by atoms with E-state index in [4.69, 9.17) is 14.9 Å². The number of hydrogen-bond acceptors (Lipinski definition) is 4. The van der Waals surface area contributed by atoms with Gasteiger partial charge in [-0.1, -0.05) is 57.6 Å². The Morgan fingerprint density at radius 3 is 2.11 bits per heavy atom. The zero-order valence-electron chi connectivity index (χ0n) is 17.4. The summed E-state index contributed by atoms with van der Waals surface area (Å²) >= 11 is 0. The van der Waals surface area contributed by atoms with Crippen LogP contribution in [-0.4, -0.2) is 34.2 Å². The second-order valence-corrected chi connectivity index (χ2v) is 7.26. The highest BCUT2D eigenvalue weighted by Crippen LogP contribution is 2.14. The van der Waals surface area contributed by atoms with Gasteiger partial charge < -0.3 is 14.9 Å². The Morgan fingerprint density at radius 2 is 1.43 bits per heavy atom. The first-order valence-corrected chi connectivity index (χ1v) is 10.7. The number of aliphatic carboxylic acids is 2. The maximum atomic E-state index is 11.8. The van der Waals surface area contributed by atoms with Gasteiger partial charge in [-0.15, -0.1) is 0 Å². The summed E-state index contributed by atoms with van der Waals surface area (Å²) in [6.45, 7) is 2.15. The molecule has 0 saturated heterocycles. The standard InChI is InChI=1S/C22H38O6/c1-2-3-4-11-14-19(28-22(27)18-17-21(25)26)15-12-9-7-5-6-8-10-13-16-20(23)24/h9,12,19H,2-8,10-11,13-18H2,1H3,(H,23,24)(H,25,26)/b12-9-/t19-/m1/s1. The van der Waals surface area contributed by atoms with Crippen LogP contribution >= 0.6 is 0 Å². The molecular formula is C22H38O6. The molecule has 0 rings (SSSR count). The number of carbonyl (C=O) groups is 3. The lowest BCUT2D eigenvalue weighted by Gasteiger charge is -2.16. The Balaban J connectivity index is 4.02. The Morgan fingerprint density at radius 1 is 0.786 bits per heavy atom. The fraction of sp³-hybridized carbons (Fsp3) is 0.773. The largest absolute Gasteiger partial charge is 0.481 e. The second kappa shape index (κ2) is 18.5. The molecule has 0 aliphatic rings. The van der Waals surface area contributed by atoms with Gasteiger partial charge in [-0.25, -0.2) is 0 Å². The highest BCUT2D eigenvalue weighted by molar-refractivity contribution is 5.76. The lowest BCUT2D eigenvalue weighted by atomic mass is 10.1. The van der Waals surface area contributed by atoms with E-state index in [9.17, 15) is 14.4 Å². The molecule has 1 atom stereocenters. The third-order valence-corrected chi connectivity index (χ3v) is 4.55. The van der Waals surface area contributed by atoms with Gasteiger partial charge in [0.15, 0.2) is 0 Å². The molecule has 6 nitrogen and oxygen atoms in total. The maximum absolute atomic E-state index is 11.8. The lowest BCUT2D eigenvalue weighted by molar-refractivity contribution is -0.152. The van der Waals surface area contributed by atoms with Crippen molar-refractivity contribution in [2.24, 2.45) is 0 Å². The van der Waals surface area contributed by atoms with Gasteiger partial charge in [-0.05, 0) is 32.1 Å². The van der Waals surface area contributed by atoms with Crippen molar-refractivity contribution in [3.63, 3.8) is 0 Å². The Kier molecular flexibility index (Phi) is 17.3. The van der Waals surface area contributed by atoms with Crippen LogP contribution < -0.4 is 0 Å². The van der Waals surface area contributed by atoms with Gasteiger partial charge in [-0.2, -0.15) is 0 Å². The molecule has 0 amide bonds. The molecule has 0 fully saturated rings. The van der Waals surface area contributed by atoms with E-state index in [-0.39, 0.29) is 25.4 Å². The van der Waals surface area contributed by atoms with Crippen LogP contribution in [0, 0.1) is 0 Å². The number of allylic oxidation sites excluding steroid dienone is 1. The molecule has 0 aromatic rings. The van der Waals surface area contributed by atoms with E-state index in [0.717, 1.165) is 64.2 Å². The number of hydrogen-bond donors (Lipinski definition) is 2.